The van der Waals surface area contributed by atoms with E-state index < -0.39 is 0 Å². The van der Waals surface area contributed by atoms with Crippen LogP contribution in [-0.4, -0.2) is 19.1 Å². The summed E-state index contributed by atoms with van der Waals surface area (Å²) in [7, 11) is 1.39. The topological polar surface area (TPSA) is 52.3 Å². The summed E-state index contributed by atoms with van der Waals surface area (Å²) in [6.45, 7) is 3.69. The van der Waals surface area contributed by atoms with Crippen molar-refractivity contribution in [2.75, 3.05) is 7.11 Å². The van der Waals surface area contributed by atoms with Gasteiger partial charge in [0.25, 0.3) is 0 Å². The molecular formula is C7H15NO2. The van der Waals surface area contributed by atoms with Gasteiger partial charge in [0.2, 0.25) is 0 Å². The van der Waals surface area contributed by atoms with Gasteiger partial charge in [0.15, 0.2) is 0 Å². The highest BCUT2D eigenvalue weighted by molar-refractivity contribution is 5.71. The lowest BCUT2D eigenvalue weighted by atomic mass is 10.0. The van der Waals surface area contributed by atoms with Gasteiger partial charge in [-0.1, -0.05) is 6.92 Å². The molecule has 3 heteroatoms. The highest BCUT2D eigenvalue weighted by Gasteiger charge is 2.13. The van der Waals surface area contributed by atoms with Crippen molar-refractivity contribution in [2.24, 2.45) is 11.7 Å². The van der Waals surface area contributed by atoms with Crippen molar-refractivity contribution >= 4 is 5.97 Å². The summed E-state index contributed by atoms with van der Waals surface area (Å²) >= 11 is 0. The van der Waals surface area contributed by atoms with Gasteiger partial charge in [0, 0.05) is 6.04 Å². The van der Waals surface area contributed by atoms with Crippen LogP contribution < -0.4 is 5.73 Å². The Bertz CT molecular complexity index is 112. The minimum Gasteiger partial charge on any atom is -0.469 e. The van der Waals surface area contributed by atoms with Crippen LogP contribution >= 0.6 is 0 Å². The van der Waals surface area contributed by atoms with E-state index in [0.29, 0.717) is 6.42 Å². The number of carbonyl (C=O) groups is 1. The third-order valence-corrected chi connectivity index (χ3v) is 1.33. The molecule has 0 bridgehead atoms. The fourth-order valence-electron chi connectivity index (χ4n) is 0.855. The predicted molar refractivity (Wildman–Crippen MR) is 39.4 cm³/mol. The van der Waals surface area contributed by atoms with Gasteiger partial charge in [-0.3, -0.25) is 4.79 Å². The largest absolute Gasteiger partial charge is 0.469 e. The molecule has 0 aliphatic carbocycles. The van der Waals surface area contributed by atoms with Gasteiger partial charge in [-0.15, -0.1) is 0 Å². The smallest absolute Gasteiger partial charge is 0.308 e. The van der Waals surface area contributed by atoms with Crippen LogP contribution in [-0.2, 0) is 9.53 Å². The van der Waals surface area contributed by atoms with Crippen LogP contribution in [0.1, 0.15) is 20.3 Å². The average Bonchev–Trinajstić information content (AvgIpc) is 1.85. The molecule has 0 amide bonds. The van der Waals surface area contributed by atoms with Crippen molar-refractivity contribution in [3.63, 3.8) is 0 Å². The van der Waals surface area contributed by atoms with Gasteiger partial charge in [0.1, 0.15) is 0 Å². The van der Waals surface area contributed by atoms with Gasteiger partial charge in [0.05, 0.1) is 13.0 Å². The number of methoxy groups -OCH3 is 1. The summed E-state index contributed by atoms with van der Waals surface area (Å²) in [6, 6.07) is 0.0640. The van der Waals surface area contributed by atoms with Crippen molar-refractivity contribution in [2.45, 2.75) is 26.3 Å². The quantitative estimate of drug-likeness (QED) is 0.589. The van der Waals surface area contributed by atoms with Crippen molar-refractivity contribution in [1.29, 1.82) is 0 Å². The Hall–Kier alpha value is -0.570. The lowest BCUT2D eigenvalue weighted by Crippen LogP contribution is -2.23. The summed E-state index contributed by atoms with van der Waals surface area (Å²) in [4.78, 5) is 10.8. The molecule has 0 spiro atoms. The molecule has 10 heavy (non-hydrogen) atoms. The van der Waals surface area contributed by atoms with Gasteiger partial charge in [-0.2, -0.15) is 0 Å². The minimum atomic E-state index is -0.183. The first-order valence-electron chi connectivity index (χ1n) is 3.41. The Kier molecular flexibility index (Phi) is 4.03. The molecule has 0 rings (SSSR count). The minimum absolute atomic E-state index is 0.0640. The lowest BCUT2D eigenvalue weighted by molar-refractivity contribution is -0.145. The van der Waals surface area contributed by atoms with Crippen LogP contribution in [0.2, 0.25) is 0 Å². The second-order valence-corrected chi connectivity index (χ2v) is 2.64. The van der Waals surface area contributed by atoms with Gasteiger partial charge in [-0.05, 0) is 13.3 Å². The highest BCUT2D eigenvalue weighted by atomic mass is 16.5. The zero-order valence-corrected chi connectivity index (χ0v) is 6.76. The molecule has 2 N–H and O–H groups in total. The van der Waals surface area contributed by atoms with Crippen molar-refractivity contribution in [3.8, 4) is 0 Å². The molecular weight excluding hydrogens is 130 g/mol. The molecule has 0 aliphatic heterocycles. The zero-order valence-electron chi connectivity index (χ0n) is 6.76. The van der Waals surface area contributed by atoms with E-state index in [4.69, 9.17) is 5.73 Å². The monoisotopic (exact) mass is 145 g/mol. The summed E-state index contributed by atoms with van der Waals surface area (Å²) in [5.74, 6) is -0.262. The molecule has 2 atom stereocenters. The summed E-state index contributed by atoms with van der Waals surface area (Å²) in [5.41, 5.74) is 5.48. The normalized spacial score (nSPS) is 16.0. The molecule has 3 nitrogen and oxygen atoms in total. The van der Waals surface area contributed by atoms with Crippen LogP contribution in [0.15, 0.2) is 0 Å². The van der Waals surface area contributed by atoms with Gasteiger partial charge >= 0.3 is 5.97 Å². The maximum atomic E-state index is 10.8. The number of rotatable bonds is 3. The second kappa shape index (κ2) is 4.28. The van der Waals surface area contributed by atoms with Crippen molar-refractivity contribution in [3.05, 3.63) is 0 Å². The Morgan fingerprint density at radius 1 is 1.60 bits per heavy atom. The van der Waals surface area contributed by atoms with Gasteiger partial charge < -0.3 is 10.5 Å². The molecule has 0 saturated carbocycles. The Morgan fingerprint density at radius 3 is 2.40 bits per heavy atom. The number of esters is 1. The van der Waals surface area contributed by atoms with Gasteiger partial charge in [-0.25, -0.2) is 0 Å². The number of hydrogen-bond donors (Lipinski definition) is 1. The Labute approximate surface area is 61.5 Å². The van der Waals surface area contributed by atoms with E-state index in [0.717, 1.165) is 0 Å². The second-order valence-electron chi connectivity index (χ2n) is 2.64. The Balaban J connectivity index is 3.61. The Morgan fingerprint density at radius 2 is 2.10 bits per heavy atom. The maximum absolute atomic E-state index is 10.8. The highest BCUT2D eigenvalue weighted by Crippen LogP contribution is 2.05. The summed E-state index contributed by atoms with van der Waals surface area (Å²) in [5, 5.41) is 0. The van der Waals surface area contributed by atoms with E-state index in [9.17, 15) is 4.79 Å². The molecule has 0 fully saturated rings. The number of ether oxygens (including phenoxy) is 1. The summed E-state index contributed by atoms with van der Waals surface area (Å²) < 4.78 is 4.52. The van der Waals surface area contributed by atoms with Crippen LogP contribution in [0, 0.1) is 5.92 Å². The molecule has 60 valence electrons. The predicted octanol–water partition coefficient (Wildman–Crippen LogP) is 0.533. The standard InChI is InChI=1S/C7H15NO2/c1-5(4-6(2)8)7(9)10-3/h5-6H,4,8H2,1-3H3/t5-,6?/m0/s1. The first kappa shape index (κ1) is 9.43. The van der Waals surface area contributed by atoms with Crippen LogP contribution in [0.4, 0.5) is 0 Å². The average molecular weight is 145 g/mol. The molecule has 0 aromatic rings. The molecule has 0 heterocycles. The maximum Gasteiger partial charge on any atom is 0.308 e. The fourth-order valence-corrected chi connectivity index (χ4v) is 0.855. The van der Waals surface area contributed by atoms with Crippen LogP contribution in [0.3, 0.4) is 0 Å². The number of carbonyl (C=O) groups excluding carboxylic acids is 1. The third-order valence-electron chi connectivity index (χ3n) is 1.33. The molecule has 1 unspecified atom stereocenters. The molecule has 0 radical (unpaired) electrons. The fraction of sp³-hybridized carbons (Fsp3) is 0.857. The van der Waals surface area contributed by atoms with Crippen LogP contribution in [0.25, 0.3) is 0 Å². The van der Waals surface area contributed by atoms with Crippen molar-refractivity contribution < 1.29 is 9.53 Å². The van der Waals surface area contributed by atoms with E-state index in [1.807, 2.05) is 13.8 Å². The third kappa shape index (κ3) is 3.45. The number of hydrogen-bond acceptors (Lipinski definition) is 3. The molecule has 0 aromatic carbocycles. The summed E-state index contributed by atoms with van der Waals surface area (Å²) in [6.07, 6.45) is 0.687. The van der Waals surface area contributed by atoms with Crippen LogP contribution in [0.5, 0.6) is 0 Å². The van der Waals surface area contributed by atoms with E-state index >= 15 is 0 Å². The molecule has 0 saturated heterocycles. The van der Waals surface area contributed by atoms with E-state index in [2.05, 4.69) is 4.74 Å². The lowest BCUT2D eigenvalue weighted by Gasteiger charge is -2.10. The van der Waals surface area contributed by atoms with Crippen molar-refractivity contribution in [1.82, 2.24) is 0 Å². The molecule has 0 aliphatic rings. The van der Waals surface area contributed by atoms with E-state index in [1.165, 1.54) is 7.11 Å². The first-order valence-corrected chi connectivity index (χ1v) is 3.41. The molecule has 0 aromatic heterocycles. The SMILES string of the molecule is COC(=O)[C@@H](C)CC(C)N. The number of nitrogens with two attached hydrogens (primary N) is 1. The zero-order chi connectivity index (χ0) is 8.15. The van der Waals surface area contributed by atoms with E-state index in [1.54, 1.807) is 0 Å². The first-order chi connectivity index (χ1) is 4.57. The van der Waals surface area contributed by atoms with E-state index in [-0.39, 0.29) is 17.9 Å².